The standard InChI is InChI=1S/C19H24N4O3.C2H6/c1-13(18(25)21-9-8-20)23-19(26)17(22-12-24)11-14-6-7-15-4-2-3-5-16(15)10-14;1-2/h2-7,10,12-13,17H,8-9,11,20H2,1H3,(H,21,25)(H,22,24)(H,23,26);1-2H3/t13-,17-;/m0./s1. The van der Waals surface area contributed by atoms with Crippen molar-refractivity contribution in [2.75, 3.05) is 13.1 Å². The molecule has 0 fully saturated rings. The first-order chi connectivity index (χ1) is 13.5. The maximum absolute atomic E-state index is 12.5. The zero-order valence-electron chi connectivity index (χ0n) is 16.7. The average Bonchev–Trinajstić information content (AvgIpc) is 2.72. The fraction of sp³-hybridized carbons (Fsp3) is 0.381. The van der Waals surface area contributed by atoms with Gasteiger partial charge in [0.15, 0.2) is 0 Å². The van der Waals surface area contributed by atoms with Gasteiger partial charge in [-0.2, -0.15) is 0 Å². The first kappa shape index (κ1) is 23.1. The van der Waals surface area contributed by atoms with E-state index in [-0.39, 0.29) is 5.91 Å². The highest BCUT2D eigenvalue weighted by atomic mass is 16.2. The second-order valence-electron chi connectivity index (χ2n) is 6.03. The Morgan fingerprint density at radius 3 is 2.39 bits per heavy atom. The lowest BCUT2D eigenvalue weighted by molar-refractivity contribution is -0.130. The van der Waals surface area contributed by atoms with Gasteiger partial charge in [-0.15, -0.1) is 0 Å². The van der Waals surface area contributed by atoms with Gasteiger partial charge >= 0.3 is 0 Å². The molecule has 0 aromatic heterocycles. The molecule has 0 saturated heterocycles. The highest BCUT2D eigenvalue weighted by Gasteiger charge is 2.22. The van der Waals surface area contributed by atoms with Crippen LogP contribution in [-0.2, 0) is 20.8 Å². The zero-order chi connectivity index (χ0) is 20.9. The molecule has 2 atom stereocenters. The third-order valence-electron chi connectivity index (χ3n) is 4.04. The third kappa shape index (κ3) is 7.00. The van der Waals surface area contributed by atoms with Crippen molar-refractivity contribution in [3.05, 3.63) is 48.0 Å². The Labute approximate surface area is 166 Å². The van der Waals surface area contributed by atoms with Crippen molar-refractivity contribution in [1.29, 1.82) is 0 Å². The Balaban J connectivity index is 0.00000190. The number of hydrogen-bond acceptors (Lipinski definition) is 4. The monoisotopic (exact) mass is 386 g/mol. The quantitative estimate of drug-likeness (QED) is 0.483. The highest BCUT2D eigenvalue weighted by Crippen LogP contribution is 2.16. The van der Waals surface area contributed by atoms with Crippen molar-refractivity contribution in [2.45, 2.75) is 39.3 Å². The Hall–Kier alpha value is -2.93. The summed E-state index contributed by atoms with van der Waals surface area (Å²) in [5.74, 6) is -0.736. The maximum atomic E-state index is 12.5. The van der Waals surface area contributed by atoms with Gasteiger partial charge in [0.25, 0.3) is 0 Å². The van der Waals surface area contributed by atoms with E-state index >= 15 is 0 Å². The summed E-state index contributed by atoms with van der Waals surface area (Å²) >= 11 is 0. The van der Waals surface area contributed by atoms with Crippen LogP contribution in [0.5, 0.6) is 0 Å². The van der Waals surface area contributed by atoms with Crippen molar-refractivity contribution < 1.29 is 14.4 Å². The van der Waals surface area contributed by atoms with Crippen LogP contribution in [0, 0.1) is 0 Å². The molecule has 2 aromatic carbocycles. The number of carbonyl (C=O) groups excluding carboxylic acids is 3. The summed E-state index contributed by atoms with van der Waals surface area (Å²) in [5.41, 5.74) is 6.26. The van der Waals surface area contributed by atoms with Gasteiger partial charge < -0.3 is 21.7 Å². The molecule has 0 radical (unpaired) electrons. The van der Waals surface area contributed by atoms with Gasteiger partial charge in [-0.05, 0) is 23.3 Å². The summed E-state index contributed by atoms with van der Waals surface area (Å²) < 4.78 is 0. The van der Waals surface area contributed by atoms with E-state index in [1.165, 1.54) is 0 Å². The van der Waals surface area contributed by atoms with Crippen molar-refractivity contribution >= 4 is 29.0 Å². The number of rotatable bonds is 9. The minimum atomic E-state index is -0.765. The summed E-state index contributed by atoms with van der Waals surface area (Å²) in [6, 6.07) is 12.3. The molecular weight excluding hydrogens is 356 g/mol. The molecule has 3 amide bonds. The lowest BCUT2D eigenvalue weighted by Gasteiger charge is -2.20. The fourth-order valence-corrected chi connectivity index (χ4v) is 2.64. The van der Waals surface area contributed by atoms with E-state index in [2.05, 4.69) is 16.0 Å². The molecule has 7 heteroatoms. The van der Waals surface area contributed by atoms with Crippen molar-refractivity contribution in [1.82, 2.24) is 16.0 Å². The zero-order valence-corrected chi connectivity index (χ0v) is 16.7. The first-order valence-corrected chi connectivity index (χ1v) is 9.50. The van der Waals surface area contributed by atoms with Gasteiger partial charge in [-0.3, -0.25) is 14.4 Å². The Bertz CT molecular complexity index is 779. The number of fused-ring (bicyclic) bond motifs is 1. The van der Waals surface area contributed by atoms with Crippen LogP contribution in [0.2, 0.25) is 0 Å². The van der Waals surface area contributed by atoms with Crippen LogP contribution in [0.3, 0.4) is 0 Å². The first-order valence-electron chi connectivity index (χ1n) is 9.50. The Morgan fingerprint density at radius 1 is 1.07 bits per heavy atom. The molecule has 0 heterocycles. The molecule has 0 unspecified atom stereocenters. The highest BCUT2D eigenvalue weighted by molar-refractivity contribution is 5.90. The summed E-state index contributed by atoms with van der Waals surface area (Å²) in [7, 11) is 0. The second kappa shape index (κ2) is 12.5. The normalized spacial score (nSPS) is 12.1. The lowest BCUT2D eigenvalue weighted by Crippen LogP contribution is -2.52. The predicted molar refractivity (Wildman–Crippen MR) is 112 cm³/mol. The number of carbonyl (C=O) groups is 3. The van der Waals surface area contributed by atoms with Gasteiger partial charge in [-0.1, -0.05) is 56.3 Å². The summed E-state index contributed by atoms with van der Waals surface area (Å²) in [6.45, 7) is 6.24. The summed E-state index contributed by atoms with van der Waals surface area (Å²) in [6.07, 6.45) is 0.816. The van der Waals surface area contributed by atoms with Gasteiger partial charge in [0.1, 0.15) is 12.1 Å². The van der Waals surface area contributed by atoms with E-state index in [1.807, 2.05) is 56.3 Å². The molecule has 0 aliphatic heterocycles. The van der Waals surface area contributed by atoms with Gasteiger partial charge in [-0.25, -0.2) is 0 Å². The predicted octanol–water partition coefficient (Wildman–Crippen LogP) is 1.10. The van der Waals surface area contributed by atoms with Crippen LogP contribution < -0.4 is 21.7 Å². The van der Waals surface area contributed by atoms with Crippen LogP contribution in [-0.4, -0.2) is 43.4 Å². The number of benzene rings is 2. The van der Waals surface area contributed by atoms with Crippen LogP contribution in [0.1, 0.15) is 26.3 Å². The van der Waals surface area contributed by atoms with Crippen LogP contribution in [0.4, 0.5) is 0 Å². The summed E-state index contributed by atoms with van der Waals surface area (Å²) in [5, 5.41) is 9.91. The van der Waals surface area contributed by atoms with Gasteiger partial charge in [0.05, 0.1) is 0 Å². The second-order valence-corrected chi connectivity index (χ2v) is 6.03. The summed E-state index contributed by atoms with van der Waals surface area (Å²) in [4.78, 5) is 35.2. The molecule has 0 spiro atoms. The van der Waals surface area contributed by atoms with Crippen LogP contribution >= 0.6 is 0 Å². The SMILES string of the molecule is CC.C[C@H](NC(=O)[C@H](Cc1ccc2ccccc2c1)NC=O)C(=O)NCCN. The molecule has 0 saturated carbocycles. The largest absolute Gasteiger partial charge is 0.353 e. The number of amides is 3. The number of nitrogens with two attached hydrogens (primary N) is 1. The van der Waals surface area contributed by atoms with E-state index in [9.17, 15) is 14.4 Å². The molecule has 0 bridgehead atoms. The van der Waals surface area contributed by atoms with E-state index in [4.69, 9.17) is 5.73 Å². The van der Waals surface area contributed by atoms with Crippen molar-refractivity contribution in [3.8, 4) is 0 Å². The van der Waals surface area contributed by atoms with Crippen LogP contribution in [0.25, 0.3) is 10.8 Å². The molecule has 2 rings (SSSR count). The number of nitrogens with one attached hydrogen (secondary N) is 3. The molecule has 0 aliphatic carbocycles. The topological polar surface area (TPSA) is 113 Å². The molecular formula is C21H30N4O3. The molecule has 152 valence electrons. The fourth-order valence-electron chi connectivity index (χ4n) is 2.64. The maximum Gasteiger partial charge on any atom is 0.243 e. The van der Waals surface area contributed by atoms with Crippen molar-refractivity contribution in [3.63, 3.8) is 0 Å². The minimum absolute atomic E-state index is 0.320. The number of hydrogen-bond donors (Lipinski definition) is 4. The van der Waals surface area contributed by atoms with E-state index < -0.39 is 18.0 Å². The third-order valence-corrected chi connectivity index (χ3v) is 4.04. The van der Waals surface area contributed by atoms with E-state index in [1.54, 1.807) is 6.92 Å². The molecule has 7 nitrogen and oxygen atoms in total. The molecule has 0 aliphatic rings. The van der Waals surface area contributed by atoms with Gasteiger partial charge in [0.2, 0.25) is 18.2 Å². The lowest BCUT2D eigenvalue weighted by atomic mass is 10.0. The van der Waals surface area contributed by atoms with E-state index in [0.717, 1.165) is 16.3 Å². The minimum Gasteiger partial charge on any atom is -0.353 e. The average molecular weight is 386 g/mol. The van der Waals surface area contributed by atoms with Crippen molar-refractivity contribution in [2.24, 2.45) is 5.73 Å². The van der Waals surface area contributed by atoms with Gasteiger partial charge in [0, 0.05) is 19.5 Å². The Morgan fingerprint density at radius 2 is 1.75 bits per heavy atom. The molecule has 5 N–H and O–H groups in total. The Kier molecular flexibility index (Phi) is 10.3. The van der Waals surface area contributed by atoms with E-state index in [0.29, 0.717) is 25.9 Å². The smallest absolute Gasteiger partial charge is 0.243 e. The molecule has 2 aromatic rings. The van der Waals surface area contributed by atoms with Crippen LogP contribution in [0.15, 0.2) is 42.5 Å². The molecule has 28 heavy (non-hydrogen) atoms.